The minimum absolute atomic E-state index is 0.298. The predicted octanol–water partition coefficient (Wildman–Crippen LogP) is 0.714. The molecular weight excluding hydrogens is 306 g/mol. The summed E-state index contributed by atoms with van der Waals surface area (Å²) in [5.41, 5.74) is 14.3. The van der Waals surface area contributed by atoms with Crippen molar-refractivity contribution in [3.05, 3.63) is 48.3 Å². The van der Waals surface area contributed by atoms with Crippen LogP contribution < -0.4 is 16.8 Å². The van der Waals surface area contributed by atoms with Gasteiger partial charge in [0.25, 0.3) is 0 Å². The van der Waals surface area contributed by atoms with Crippen molar-refractivity contribution in [3.63, 3.8) is 0 Å². The Labute approximate surface area is 138 Å². The van der Waals surface area contributed by atoms with Crippen LogP contribution in [0.15, 0.2) is 41.9 Å². The highest BCUT2D eigenvalue weighted by Gasteiger charge is 2.08. The van der Waals surface area contributed by atoms with Gasteiger partial charge < -0.3 is 16.8 Å². The van der Waals surface area contributed by atoms with Gasteiger partial charge in [0.05, 0.1) is 24.1 Å². The molecule has 0 bridgehead atoms. The molecule has 24 heavy (non-hydrogen) atoms. The number of aromatic nitrogens is 5. The van der Waals surface area contributed by atoms with Gasteiger partial charge in [0.1, 0.15) is 0 Å². The van der Waals surface area contributed by atoms with Crippen LogP contribution in [-0.4, -0.2) is 37.8 Å². The normalized spacial score (nSPS) is 12.1. The molecule has 0 saturated carbocycles. The summed E-state index contributed by atoms with van der Waals surface area (Å²) in [4.78, 5) is 16.7. The maximum absolute atomic E-state index is 5.89. The lowest BCUT2D eigenvalue weighted by Crippen LogP contribution is -2.10. The molecule has 9 nitrogen and oxygen atoms in total. The van der Waals surface area contributed by atoms with Gasteiger partial charge in [-0.3, -0.25) is 4.99 Å². The van der Waals surface area contributed by atoms with Crippen LogP contribution in [0, 0.1) is 0 Å². The van der Waals surface area contributed by atoms with E-state index in [4.69, 9.17) is 11.5 Å². The topological polar surface area (TPSA) is 132 Å². The van der Waals surface area contributed by atoms with Crippen LogP contribution >= 0.6 is 0 Å². The van der Waals surface area contributed by atoms with Gasteiger partial charge in [0.15, 0.2) is 17.3 Å². The molecule has 0 atom stereocenters. The summed E-state index contributed by atoms with van der Waals surface area (Å²) in [5, 5.41) is 7.57. The standard InChI is InChI=1S/C15H17N9/c1-18-7-10(6-16)12-9-20-14(17)15(22-12)21-8-11-2-3-13-19-4-5-24(13)23-11/h2-7,9H,8,16H2,1H3,(H2,17,20)(H,21,22). The number of nitrogens with two attached hydrogens (primary N) is 2. The maximum Gasteiger partial charge on any atom is 0.169 e. The zero-order valence-corrected chi connectivity index (χ0v) is 13.1. The van der Waals surface area contributed by atoms with Crippen molar-refractivity contribution in [1.82, 2.24) is 24.6 Å². The molecule has 0 saturated heterocycles. The molecule has 0 amide bonds. The fourth-order valence-electron chi connectivity index (χ4n) is 2.12. The third kappa shape index (κ3) is 3.14. The highest BCUT2D eigenvalue weighted by Crippen LogP contribution is 2.17. The molecule has 0 radical (unpaired) electrons. The molecule has 3 rings (SSSR count). The molecule has 0 unspecified atom stereocenters. The lowest BCUT2D eigenvalue weighted by atomic mass is 10.2. The minimum atomic E-state index is 0.298. The Kier molecular flexibility index (Phi) is 4.32. The first-order valence-electron chi connectivity index (χ1n) is 7.21. The number of nitrogen functional groups attached to an aromatic ring is 1. The first-order chi connectivity index (χ1) is 11.7. The van der Waals surface area contributed by atoms with E-state index in [1.807, 2.05) is 12.1 Å². The Hall–Kier alpha value is -3.49. The molecule has 9 heteroatoms. The molecular formula is C15H17N9. The van der Waals surface area contributed by atoms with Crippen molar-refractivity contribution in [2.45, 2.75) is 6.54 Å². The van der Waals surface area contributed by atoms with Crippen molar-refractivity contribution >= 4 is 29.1 Å². The molecule has 3 aromatic heterocycles. The first-order valence-corrected chi connectivity index (χ1v) is 7.21. The molecule has 3 aromatic rings. The molecule has 0 aromatic carbocycles. The number of nitrogens with zero attached hydrogens (tertiary/aromatic N) is 6. The first kappa shape index (κ1) is 15.4. The van der Waals surface area contributed by atoms with Gasteiger partial charge >= 0.3 is 0 Å². The second kappa shape index (κ2) is 6.73. The van der Waals surface area contributed by atoms with E-state index in [2.05, 4.69) is 30.4 Å². The number of hydrogen-bond acceptors (Lipinski definition) is 8. The molecule has 0 spiro atoms. The highest BCUT2D eigenvalue weighted by molar-refractivity contribution is 6.08. The highest BCUT2D eigenvalue weighted by atomic mass is 15.2. The van der Waals surface area contributed by atoms with Crippen LogP contribution in [0.2, 0.25) is 0 Å². The lowest BCUT2D eigenvalue weighted by molar-refractivity contribution is 0.863. The van der Waals surface area contributed by atoms with Crippen LogP contribution in [0.1, 0.15) is 11.4 Å². The molecule has 0 aliphatic rings. The maximum atomic E-state index is 5.89. The van der Waals surface area contributed by atoms with E-state index in [1.165, 1.54) is 6.20 Å². The van der Waals surface area contributed by atoms with Crippen molar-refractivity contribution in [3.8, 4) is 0 Å². The van der Waals surface area contributed by atoms with Gasteiger partial charge in [0.2, 0.25) is 0 Å². The van der Waals surface area contributed by atoms with Crippen LogP contribution in [0.3, 0.4) is 0 Å². The molecule has 122 valence electrons. The summed E-state index contributed by atoms with van der Waals surface area (Å²) in [6, 6.07) is 3.78. The van der Waals surface area contributed by atoms with Crippen LogP contribution in [0.25, 0.3) is 11.2 Å². The molecule has 0 aliphatic heterocycles. The predicted molar refractivity (Wildman–Crippen MR) is 93.3 cm³/mol. The second-order valence-corrected chi connectivity index (χ2v) is 4.91. The van der Waals surface area contributed by atoms with Gasteiger partial charge in [-0.2, -0.15) is 5.10 Å². The summed E-state index contributed by atoms with van der Waals surface area (Å²) < 4.78 is 1.70. The third-order valence-electron chi connectivity index (χ3n) is 3.29. The van der Waals surface area contributed by atoms with Crippen molar-refractivity contribution in [2.75, 3.05) is 18.1 Å². The zero-order valence-electron chi connectivity index (χ0n) is 13.1. The molecule has 3 heterocycles. The van der Waals surface area contributed by atoms with Gasteiger partial charge in [-0.25, -0.2) is 19.5 Å². The van der Waals surface area contributed by atoms with Crippen LogP contribution in [0.5, 0.6) is 0 Å². The number of allylic oxidation sites excluding steroid dienone is 1. The van der Waals surface area contributed by atoms with E-state index in [9.17, 15) is 0 Å². The van der Waals surface area contributed by atoms with Crippen molar-refractivity contribution < 1.29 is 0 Å². The lowest BCUT2D eigenvalue weighted by Gasteiger charge is -2.09. The Morgan fingerprint density at radius 3 is 3.04 bits per heavy atom. The number of nitrogens with one attached hydrogen (secondary N) is 1. The van der Waals surface area contributed by atoms with E-state index >= 15 is 0 Å². The van der Waals surface area contributed by atoms with Gasteiger partial charge in [-0.05, 0) is 12.1 Å². The SMILES string of the molecule is CN=CC(=CN)c1cnc(N)c(NCc2ccc3nccn3n2)n1. The van der Waals surface area contributed by atoms with Crippen molar-refractivity contribution in [2.24, 2.45) is 10.7 Å². The number of fused-ring (bicyclic) bond motifs is 1. The van der Waals surface area contributed by atoms with Gasteiger partial charge in [-0.1, -0.05) is 0 Å². The van der Waals surface area contributed by atoms with E-state index in [0.29, 0.717) is 29.4 Å². The quantitative estimate of drug-likeness (QED) is 0.589. The summed E-state index contributed by atoms with van der Waals surface area (Å²) in [6.07, 6.45) is 8.07. The van der Waals surface area contributed by atoms with Gasteiger partial charge in [0, 0.05) is 37.4 Å². The summed E-state index contributed by atoms with van der Waals surface area (Å²) in [5.74, 6) is 0.760. The number of imidazole rings is 1. The second-order valence-electron chi connectivity index (χ2n) is 4.91. The third-order valence-corrected chi connectivity index (χ3v) is 3.29. The smallest absolute Gasteiger partial charge is 0.169 e. The van der Waals surface area contributed by atoms with E-state index in [0.717, 1.165) is 11.3 Å². The molecule has 0 aliphatic carbocycles. The van der Waals surface area contributed by atoms with Gasteiger partial charge in [-0.15, -0.1) is 0 Å². The zero-order chi connectivity index (χ0) is 16.9. The summed E-state index contributed by atoms with van der Waals surface area (Å²) in [6.45, 7) is 0.444. The minimum Gasteiger partial charge on any atom is -0.404 e. The Morgan fingerprint density at radius 1 is 1.38 bits per heavy atom. The Morgan fingerprint density at radius 2 is 2.25 bits per heavy atom. The number of aliphatic imine (C=N–C) groups is 1. The summed E-state index contributed by atoms with van der Waals surface area (Å²) >= 11 is 0. The van der Waals surface area contributed by atoms with E-state index in [1.54, 1.807) is 36.4 Å². The number of hydrogen-bond donors (Lipinski definition) is 3. The number of rotatable bonds is 5. The fourth-order valence-corrected chi connectivity index (χ4v) is 2.12. The van der Waals surface area contributed by atoms with Crippen LogP contribution in [0.4, 0.5) is 11.6 Å². The average molecular weight is 323 g/mol. The monoisotopic (exact) mass is 323 g/mol. The fraction of sp³-hybridized carbons (Fsp3) is 0.133. The van der Waals surface area contributed by atoms with Crippen LogP contribution in [-0.2, 0) is 6.54 Å². The Balaban J connectivity index is 1.81. The van der Waals surface area contributed by atoms with Crippen molar-refractivity contribution in [1.29, 1.82) is 0 Å². The average Bonchev–Trinajstić information content (AvgIpc) is 3.07. The molecule has 5 N–H and O–H groups in total. The molecule has 0 fully saturated rings. The van der Waals surface area contributed by atoms with E-state index < -0.39 is 0 Å². The number of anilines is 2. The largest absolute Gasteiger partial charge is 0.404 e. The van der Waals surface area contributed by atoms with E-state index in [-0.39, 0.29) is 0 Å². The summed E-state index contributed by atoms with van der Waals surface area (Å²) in [7, 11) is 1.66. The Bertz CT molecular complexity index is 910.